The SMILES string of the molecule is Cc1ccc(C)c(N2C(=O)C(Cl)=C(Nc3cccc(C(=O)Nc4ccc(C)c(Cl)c4)c3)C2=O)c1. The van der Waals surface area contributed by atoms with Gasteiger partial charge in [-0.05, 0) is 73.9 Å². The summed E-state index contributed by atoms with van der Waals surface area (Å²) in [5.74, 6) is -1.52. The van der Waals surface area contributed by atoms with Gasteiger partial charge in [-0.1, -0.05) is 47.5 Å². The predicted octanol–water partition coefficient (Wildman–Crippen LogP) is 5.95. The second-order valence-corrected chi connectivity index (χ2v) is 8.83. The Bertz CT molecular complexity index is 1380. The lowest BCUT2D eigenvalue weighted by Gasteiger charge is -2.18. The second kappa shape index (κ2) is 9.33. The van der Waals surface area contributed by atoms with Crippen molar-refractivity contribution in [3.8, 4) is 0 Å². The molecule has 0 saturated heterocycles. The van der Waals surface area contributed by atoms with Crippen molar-refractivity contribution >= 4 is 58.0 Å². The van der Waals surface area contributed by atoms with Crippen LogP contribution in [0.1, 0.15) is 27.0 Å². The highest BCUT2D eigenvalue weighted by molar-refractivity contribution is 6.53. The molecule has 1 aliphatic heterocycles. The summed E-state index contributed by atoms with van der Waals surface area (Å²) in [6.45, 7) is 5.57. The van der Waals surface area contributed by atoms with Gasteiger partial charge in [0.1, 0.15) is 10.7 Å². The summed E-state index contributed by atoms with van der Waals surface area (Å²) in [4.78, 5) is 39.7. The molecule has 172 valence electrons. The van der Waals surface area contributed by atoms with Gasteiger partial charge >= 0.3 is 0 Å². The van der Waals surface area contributed by atoms with E-state index < -0.39 is 11.8 Å². The summed E-state index contributed by atoms with van der Waals surface area (Å²) in [5, 5.41) is 6.04. The molecule has 0 radical (unpaired) electrons. The monoisotopic (exact) mass is 493 g/mol. The number of halogens is 2. The number of hydrogen-bond acceptors (Lipinski definition) is 4. The standard InChI is InChI=1S/C26H21Cl2N3O3/c1-14-7-8-16(3)21(11-14)31-25(33)22(28)23(26(31)34)29-18-6-4-5-17(12-18)24(32)30-19-10-9-15(2)20(27)13-19/h4-13,29H,1-3H3,(H,30,32). The van der Waals surface area contributed by atoms with Gasteiger partial charge < -0.3 is 10.6 Å². The number of anilines is 3. The molecule has 0 saturated carbocycles. The van der Waals surface area contributed by atoms with E-state index >= 15 is 0 Å². The van der Waals surface area contributed by atoms with Crippen molar-refractivity contribution in [3.63, 3.8) is 0 Å². The third-order valence-electron chi connectivity index (χ3n) is 5.46. The minimum atomic E-state index is -0.604. The summed E-state index contributed by atoms with van der Waals surface area (Å²) in [6.07, 6.45) is 0. The lowest BCUT2D eigenvalue weighted by atomic mass is 10.1. The highest BCUT2D eigenvalue weighted by Gasteiger charge is 2.39. The van der Waals surface area contributed by atoms with Crippen molar-refractivity contribution in [1.82, 2.24) is 0 Å². The molecule has 34 heavy (non-hydrogen) atoms. The van der Waals surface area contributed by atoms with Crippen molar-refractivity contribution in [2.24, 2.45) is 0 Å². The van der Waals surface area contributed by atoms with Gasteiger partial charge in [0.25, 0.3) is 17.7 Å². The number of carbonyl (C=O) groups is 3. The van der Waals surface area contributed by atoms with Gasteiger partial charge in [-0.25, -0.2) is 4.90 Å². The van der Waals surface area contributed by atoms with E-state index in [9.17, 15) is 14.4 Å². The first-order valence-electron chi connectivity index (χ1n) is 10.5. The fourth-order valence-corrected chi connectivity index (χ4v) is 3.94. The van der Waals surface area contributed by atoms with Gasteiger partial charge in [0.2, 0.25) is 0 Å². The highest BCUT2D eigenvalue weighted by atomic mass is 35.5. The number of imide groups is 1. The molecule has 1 aliphatic rings. The average Bonchev–Trinajstić information content (AvgIpc) is 3.01. The minimum absolute atomic E-state index is 0.0459. The molecule has 0 aromatic heterocycles. The molecule has 1 heterocycles. The zero-order valence-corrected chi connectivity index (χ0v) is 20.2. The first kappa shape index (κ1) is 23.5. The molecule has 0 aliphatic carbocycles. The van der Waals surface area contributed by atoms with Gasteiger partial charge in [-0.15, -0.1) is 0 Å². The molecule has 0 spiro atoms. The van der Waals surface area contributed by atoms with E-state index in [1.165, 1.54) is 0 Å². The molecule has 4 rings (SSSR count). The Morgan fingerprint density at radius 1 is 0.824 bits per heavy atom. The summed E-state index contributed by atoms with van der Waals surface area (Å²) in [7, 11) is 0. The Balaban J connectivity index is 1.56. The molecule has 3 aromatic rings. The molecule has 3 amide bonds. The Hall–Kier alpha value is -3.61. The number of amides is 3. The molecular formula is C26H21Cl2N3O3. The van der Waals surface area contributed by atoms with E-state index in [2.05, 4.69) is 10.6 Å². The maximum atomic E-state index is 13.1. The van der Waals surface area contributed by atoms with E-state index in [0.717, 1.165) is 21.6 Å². The zero-order valence-electron chi connectivity index (χ0n) is 18.7. The fraction of sp³-hybridized carbons (Fsp3) is 0.115. The molecule has 8 heteroatoms. The van der Waals surface area contributed by atoms with Crippen LogP contribution in [0.15, 0.2) is 71.4 Å². The van der Waals surface area contributed by atoms with Crippen LogP contribution in [0.2, 0.25) is 5.02 Å². The molecule has 0 bridgehead atoms. The average molecular weight is 494 g/mol. The Kier molecular flexibility index (Phi) is 6.46. The smallest absolute Gasteiger partial charge is 0.283 e. The van der Waals surface area contributed by atoms with Crippen molar-refractivity contribution in [1.29, 1.82) is 0 Å². The molecule has 6 nitrogen and oxygen atoms in total. The number of carbonyl (C=O) groups excluding carboxylic acids is 3. The highest BCUT2D eigenvalue weighted by Crippen LogP contribution is 2.32. The number of rotatable bonds is 5. The van der Waals surface area contributed by atoms with E-state index in [-0.39, 0.29) is 16.6 Å². The van der Waals surface area contributed by atoms with Crippen LogP contribution in [0.4, 0.5) is 17.1 Å². The third kappa shape index (κ3) is 4.55. The van der Waals surface area contributed by atoms with Crippen molar-refractivity contribution < 1.29 is 14.4 Å². The summed E-state index contributed by atoms with van der Waals surface area (Å²) in [6, 6.07) is 17.3. The van der Waals surface area contributed by atoms with Crippen molar-refractivity contribution in [2.45, 2.75) is 20.8 Å². The maximum absolute atomic E-state index is 13.1. The van der Waals surface area contributed by atoms with Crippen LogP contribution in [0.25, 0.3) is 0 Å². The Morgan fingerprint density at radius 3 is 2.29 bits per heavy atom. The second-order valence-electron chi connectivity index (χ2n) is 8.05. The lowest BCUT2D eigenvalue weighted by Crippen LogP contribution is -2.33. The maximum Gasteiger partial charge on any atom is 0.283 e. The van der Waals surface area contributed by atoms with Gasteiger partial charge in [-0.3, -0.25) is 14.4 Å². The first-order chi connectivity index (χ1) is 16.2. The number of nitrogens with zero attached hydrogens (tertiary/aromatic N) is 1. The Morgan fingerprint density at radius 2 is 1.56 bits per heavy atom. The van der Waals surface area contributed by atoms with Crippen molar-refractivity contribution in [3.05, 3.63) is 98.7 Å². The number of aryl methyl sites for hydroxylation is 3. The molecule has 2 N–H and O–H groups in total. The van der Waals surface area contributed by atoms with Crippen LogP contribution < -0.4 is 15.5 Å². The fourth-order valence-electron chi connectivity index (χ4n) is 3.55. The van der Waals surface area contributed by atoms with E-state index in [1.807, 2.05) is 39.0 Å². The zero-order chi connectivity index (χ0) is 24.6. The van der Waals surface area contributed by atoms with E-state index in [4.69, 9.17) is 23.2 Å². The number of benzene rings is 3. The molecule has 3 aromatic carbocycles. The minimum Gasteiger partial charge on any atom is -0.350 e. The molecular weight excluding hydrogens is 473 g/mol. The number of hydrogen-bond donors (Lipinski definition) is 2. The predicted molar refractivity (Wildman–Crippen MR) is 135 cm³/mol. The normalized spacial score (nSPS) is 13.5. The third-order valence-corrected chi connectivity index (χ3v) is 6.21. The van der Waals surface area contributed by atoms with Crippen LogP contribution in [-0.4, -0.2) is 17.7 Å². The first-order valence-corrected chi connectivity index (χ1v) is 11.2. The molecule has 0 fully saturated rings. The van der Waals surface area contributed by atoms with Crippen LogP contribution in [0.5, 0.6) is 0 Å². The van der Waals surface area contributed by atoms with E-state index in [0.29, 0.717) is 27.6 Å². The van der Waals surface area contributed by atoms with Crippen LogP contribution in [-0.2, 0) is 9.59 Å². The largest absolute Gasteiger partial charge is 0.350 e. The van der Waals surface area contributed by atoms with E-state index in [1.54, 1.807) is 42.5 Å². The van der Waals surface area contributed by atoms with Crippen LogP contribution >= 0.6 is 23.2 Å². The summed E-state index contributed by atoms with van der Waals surface area (Å²) < 4.78 is 0. The van der Waals surface area contributed by atoms with Gasteiger partial charge in [-0.2, -0.15) is 0 Å². The van der Waals surface area contributed by atoms with Crippen LogP contribution in [0.3, 0.4) is 0 Å². The summed E-state index contributed by atoms with van der Waals surface area (Å²) in [5.41, 5.74) is 4.37. The number of nitrogens with one attached hydrogen (secondary N) is 2. The van der Waals surface area contributed by atoms with Gasteiger partial charge in [0, 0.05) is 22.0 Å². The quantitative estimate of drug-likeness (QED) is 0.430. The summed E-state index contributed by atoms with van der Waals surface area (Å²) >= 11 is 12.4. The molecule has 0 atom stereocenters. The van der Waals surface area contributed by atoms with Crippen molar-refractivity contribution in [2.75, 3.05) is 15.5 Å². The molecule has 0 unspecified atom stereocenters. The Labute approximate surface area is 207 Å². The van der Waals surface area contributed by atoms with Gasteiger partial charge in [0.05, 0.1) is 5.69 Å². The topological polar surface area (TPSA) is 78.5 Å². The lowest BCUT2D eigenvalue weighted by molar-refractivity contribution is -0.120. The van der Waals surface area contributed by atoms with Crippen LogP contribution in [0, 0.1) is 20.8 Å². The van der Waals surface area contributed by atoms with Gasteiger partial charge in [0.15, 0.2) is 0 Å².